The van der Waals surface area contributed by atoms with Gasteiger partial charge in [-0.25, -0.2) is 4.79 Å². The quantitative estimate of drug-likeness (QED) is 0.322. The molecule has 0 bridgehead atoms. The van der Waals surface area contributed by atoms with Gasteiger partial charge in [0, 0.05) is 12.2 Å². The van der Waals surface area contributed by atoms with E-state index in [4.69, 9.17) is 0 Å². The molecule has 1 aliphatic rings. The van der Waals surface area contributed by atoms with Crippen molar-refractivity contribution in [3.05, 3.63) is 71.8 Å². The number of aliphatic carboxylic acids is 1. The standard InChI is InChI=1S/C28H35N3O6S/c1-18(2)24(30-23(32)14-13-19-9-5-3-6-10-19)27(35)31-17-38-16-22(31)26(34)29-21(25(33)28(36)37)15-20-11-7-4-8-12-20/h3-12,18,21-22,24-25,33H,13-17H2,1-2H3,(H,29,34)(H,30,32)(H,36,37)/t21-,22-,24-,25?/m0/s1. The average molecular weight is 542 g/mol. The maximum atomic E-state index is 13.5. The normalized spacial score (nSPS) is 17.5. The highest BCUT2D eigenvalue weighted by atomic mass is 32.2. The molecule has 1 aliphatic heterocycles. The number of aliphatic hydroxyl groups excluding tert-OH is 1. The Balaban J connectivity index is 1.66. The zero-order valence-corrected chi connectivity index (χ0v) is 22.4. The first-order valence-electron chi connectivity index (χ1n) is 12.6. The van der Waals surface area contributed by atoms with E-state index in [9.17, 15) is 29.4 Å². The van der Waals surface area contributed by atoms with Crippen LogP contribution in [0.1, 0.15) is 31.4 Å². The zero-order chi connectivity index (χ0) is 27.7. The molecular formula is C28H35N3O6S. The Morgan fingerprint density at radius 2 is 1.58 bits per heavy atom. The largest absolute Gasteiger partial charge is 0.479 e. The molecule has 1 heterocycles. The van der Waals surface area contributed by atoms with E-state index in [2.05, 4.69) is 10.6 Å². The Morgan fingerprint density at radius 1 is 0.974 bits per heavy atom. The lowest BCUT2D eigenvalue weighted by Gasteiger charge is -2.31. The number of nitrogens with one attached hydrogen (secondary N) is 2. The van der Waals surface area contributed by atoms with Gasteiger partial charge < -0.3 is 25.7 Å². The molecule has 3 rings (SSSR count). The molecule has 9 nitrogen and oxygen atoms in total. The first-order valence-corrected chi connectivity index (χ1v) is 13.8. The number of hydrogen-bond donors (Lipinski definition) is 4. The van der Waals surface area contributed by atoms with E-state index in [0.29, 0.717) is 12.2 Å². The predicted molar refractivity (Wildman–Crippen MR) is 145 cm³/mol. The summed E-state index contributed by atoms with van der Waals surface area (Å²) < 4.78 is 0. The second-order valence-electron chi connectivity index (χ2n) is 9.69. The van der Waals surface area contributed by atoms with E-state index < -0.39 is 36.1 Å². The van der Waals surface area contributed by atoms with Gasteiger partial charge in [-0.05, 0) is 29.9 Å². The summed E-state index contributed by atoms with van der Waals surface area (Å²) in [6.07, 6.45) is -0.928. The molecule has 0 aliphatic carbocycles. The molecule has 1 fully saturated rings. The number of carbonyl (C=O) groups is 4. The van der Waals surface area contributed by atoms with E-state index in [-0.39, 0.29) is 36.5 Å². The molecule has 204 valence electrons. The van der Waals surface area contributed by atoms with E-state index >= 15 is 0 Å². The molecule has 2 aromatic rings. The lowest BCUT2D eigenvalue weighted by molar-refractivity contribution is -0.149. The summed E-state index contributed by atoms with van der Waals surface area (Å²) in [7, 11) is 0. The fourth-order valence-corrected chi connectivity index (χ4v) is 5.44. The average Bonchev–Trinajstić information content (AvgIpc) is 3.40. The number of benzene rings is 2. The van der Waals surface area contributed by atoms with Crippen molar-refractivity contribution in [2.45, 2.75) is 57.3 Å². The fourth-order valence-electron chi connectivity index (χ4n) is 4.28. The number of amides is 3. The van der Waals surface area contributed by atoms with Crippen LogP contribution in [0.25, 0.3) is 0 Å². The number of rotatable bonds is 12. The summed E-state index contributed by atoms with van der Waals surface area (Å²) in [6.45, 7) is 3.66. The molecule has 1 unspecified atom stereocenters. The molecule has 4 N–H and O–H groups in total. The molecule has 38 heavy (non-hydrogen) atoms. The predicted octanol–water partition coefficient (Wildman–Crippen LogP) is 1.83. The smallest absolute Gasteiger partial charge is 0.334 e. The van der Waals surface area contributed by atoms with Gasteiger partial charge in [0.25, 0.3) is 0 Å². The van der Waals surface area contributed by atoms with Crippen molar-refractivity contribution in [3.63, 3.8) is 0 Å². The van der Waals surface area contributed by atoms with Crippen molar-refractivity contribution in [1.82, 2.24) is 15.5 Å². The third kappa shape index (κ3) is 8.06. The topological polar surface area (TPSA) is 136 Å². The van der Waals surface area contributed by atoms with E-state index in [1.54, 1.807) is 24.3 Å². The van der Waals surface area contributed by atoms with Crippen LogP contribution in [0.15, 0.2) is 60.7 Å². The first kappa shape index (κ1) is 29.2. The van der Waals surface area contributed by atoms with Crippen LogP contribution in [-0.4, -0.2) is 74.7 Å². The highest BCUT2D eigenvalue weighted by Crippen LogP contribution is 2.24. The molecule has 3 amide bonds. The first-order chi connectivity index (χ1) is 18.2. The second kappa shape index (κ2) is 14.0. The van der Waals surface area contributed by atoms with Crippen LogP contribution >= 0.6 is 11.8 Å². The third-order valence-electron chi connectivity index (χ3n) is 6.46. The number of aliphatic hydroxyl groups is 1. The molecule has 0 saturated carbocycles. The van der Waals surface area contributed by atoms with Gasteiger partial charge in [0.1, 0.15) is 12.1 Å². The summed E-state index contributed by atoms with van der Waals surface area (Å²) in [5.41, 5.74) is 1.78. The lowest BCUT2D eigenvalue weighted by atomic mass is 10.00. The highest BCUT2D eigenvalue weighted by Gasteiger charge is 2.40. The molecule has 10 heteroatoms. The fraction of sp³-hybridized carbons (Fsp3) is 0.429. The zero-order valence-electron chi connectivity index (χ0n) is 21.6. The minimum Gasteiger partial charge on any atom is -0.479 e. The Labute approximate surface area is 227 Å². The SMILES string of the molecule is CC(C)[C@H](NC(=O)CCc1ccccc1)C(=O)N1CSC[C@H]1C(=O)N[C@@H](Cc1ccccc1)C(O)C(=O)O. The number of thioether (sulfide) groups is 1. The highest BCUT2D eigenvalue weighted by molar-refractivity contribution is 7.99. The summed E-state index contributed by atoms with van der Waals surface area (Å²) in [6, 6.07) is 15.8. The number of aryl methyl sites for hydroxylation is 1. The van der Waals surface area contributed by atoms with Crippen molar-refractivity contribution >= 4 is 35.5 Å². The van der Waals surface area contributed by atoms with Crippen molar-refractivity contribution in [1.29, 1.82) is 0 Å². The van der Waals surface area contributed by atoms with E-state index in [1.807, 2.05) is 50.2 Å². The van der Waals surface area contributed by atoms with Gasteiger partial charge in [-0.1, -0.05) is 74.5 Å². The van der Waals surface area contributed by atoms with Gasteiger partial charge in [-0.2, -0.15) is 0 Å². The molecule has 2 aromatic carbocycles. The number of hydrogen-bond acceptors (Lipinski definition) is 6. The van der Waals surface area contributed by atoms with Gasteiger partial charge in [0.15, 0.2) is 6.10 Å². The number of carboxylic acid groups (broad SMARTS) is 1. The van der Waals surface area contributed by atoms with Crippen LogP contribution < -0.4 is 10.6 Å². The number of carbonyl (C=O) groups excluding carboxylic acids is 3. The molecule has 4 atom stereocenters. The van der Waals surface area contributed by atoms with Gasteiger partial charge in [-0.15, -0.1) is 11.8 Å². The Morgan fingerprint density at radius 3 is 2.16 bits per heavy atom. The van der Waals surface area contributed by atoms with Gasteiger partial charge in [-0.3, -0.25) is 14.4 Å². The van der Waals surface area contributed by atoms with Gasteiger partial charge >= 0.3 is 5.97 Å². The van der Waals surface area contributed by atoms with Crippen LogP contribution in [0.5, 0.6) is 0 Å². The lowest BCUT2D eigenvalue weighted by Crippen LogP contribution is -2.58. The van der Waals surface area contributed by atoms with E-state index in [0.717, 1.165) is 11.1 Å². The molecular weight excluding hydrogens is 506 g/mol. The van der Waals surface area contributed by atoms with E-state index in [1.165, 1.54) is 16.7 Å². The van der Waals surface area contributed by atoms with Gasteiger partial charge in [0.2, 0.25) is 17.7 Å². The molecule has 1 saturated heterocycles. The Kier molecular flexibility index (Phi) is 10.7. The number of carboxylic acids is 1. The maximum absolute atomic E-state index is 13.5. The van der Waals surface area contributed by atoms with Crippen molar-refractivity contribution < 1.29 is 29.4 Å². The van der Waals surface area contributed by atoms with Crippen molar-refractivity contribution in [2.24, 2.45) is 5.92 Å². The molecule has 0 aromatic heterocycles. The summed E-state index contributed by atoms with van der Waals surface area (Å²) in [4.78, 5) is 52.4. The summed E-state index contributed by atoms with van der Waals surface area (Å²) >= 11 is 1.40. The van der Waals surface area contributed by atoms with Crippen molar-refractivity contribution in [3.8, 4) is 0 Å². The summed E-state index contributed by atoms with van der Waals surface area (Å²) in [5, 5.41) is 25.1. The summed E-state index contributed by atoms with van der Waals surface area (Å²) in [5.74, 6) is -2.22. The van der Waals surface area contributed by atoms with Crippen LogP contribution in [0.2, 0.25) is 0 Å². The number of nitrogens with zero attached hydrogens (tertiary/aromatic N) is 1. The Hall–Kier alpha value is -3.37. The van der Waals surface area contributed by atoms with Crippen LogP contribution in [-0.2, 0) is 32.0 Å². The monoisotopic (exact) mass is 541 g/mol. The van der Waals surface area contributed by atoms with Crippen LogP contribution in [0, 0.1) is 5.92 Å². The minimum absolute atomic E-state index is 0.111. The second-order valence-corrected chi connectivity index (χ2v) is 10.7. The van der Waals surface area contributed by atoms with Crippen molar-refractivity contribution in [2.75, 3.05) is 11.6 Å². The third-order valence-corrected chi connectivity index (χ3v) is 7.47. The van der Waals surface area contributed by atoms with Gasteiger partial charge in [0.05, 0.1) is 11.9 Å². The molecule has 0 spiro atoms. The van der Waals surface area contributed by atoms with Crippen LogP contribution in [0.4, 0.5) is 0 Å². The van der Waals surface area contributed by atoms with Crippen LogP contribution in [0.3, 0.4) is 0 Å². The maximum Gasteiger partial charge on any atom is 0.334 e. The molecule has 0 radical (unpaired) electrons. The minimum atomic E-state index is -1.82. The Bertz CT molecular complexity index is 1100.